The van der Waals surface area contributed by atoms with Crippen molar-refractivity contribution in [2.75, 3.05) is 17.2 Å². The molecular formula is C15H17N3O. The van der Waals surface area contributed by atoms with Crippen molar-refractivity contribution in [1.29, 1.82) is 0 Å². The molecule has 1 aromatic heterocycles. The maximum atomic E-state index is 6.01. The highest BCUT2D eigenvalue weighted by molar-refractivity contribution is 5.59. The van der Waals surface area contributed by atoms with Crippen molar-refractivity contribution in [2.24, 2.45) is 0 Å². The molecule has 0 spiro atoms. The van der Waals surface area contributed by atoms with E-state index in [0.717, 1.165) is 24.5 Å². The number of pyridine rings is 1. The van der Waals surface area contributed by atoms with Crippen LogP contribution in [0.5, 0.6) is 5.88 Å². The fourth-order valence-corrected chi connectivity index (χ4v) is 2.42. The molecule has 0 amide bonds. The van der Waals surface area contributed by atoms with E-state index in [1.54, 1.807) is 0 Å². The largest absolute Gasteiger partial charge is 0.478 e. The van der Waals surface area contributed by atoms with Gasteiger partial charge in [0, 0.05) is 24.8 Å². The molecule has 2 N–H and O–H groups in total. The number of benzene rings is 1. The topological polar surface area (TPSA) is 51.4 Å². The Kier molecular flexibility index (Phi) is 2.99. The number of aromatic nitrogens is 1. The van der Waals surface area contributed by atoms with Crippen LogP contribution in [0, 0.1) is 0 Å². The van der Waals surface area contributed by atoms with E-state index in [9.17, 15) is 0 Å². The number of hydrogen-bond donors (Lipinski definition) is 1. The molecular weight excluding hydrogens is 238 g/mol. The second kappa shape index (κ2) is 4.80. The van der Waals surface area contributed by atoms with E-state index in [0.29, 0.717) is 12.5 Å². The number of nitrogens with zero attached hydrogens (tertiary/aromatic N) is 2. The maximum absolute atomic E-state index is 6.01. The highest BCUT2D eigenvalue weighted by Gasteiger charge is 2.21. The van der Waals surface area contributed by atoms with Gasteiger partial charge in [-0.1, -0.05) is 12.1 Å². The molecule has 0 aliphatic carbocycles. The maximum Gasteiger partial charge on any atom is 0.213 e. The Labute approximate surface area is 112 Å². The predicted molar refractivity (Wildman–Crippen MR) is 76.1 cm³/mol. The molecule has 0 saturated heterocycles. The fourth-order valence-electron chi connectivity index (χ4n) is 2.42. The van der Waals surface area contributed by atoms with Crippen molar-refractivity contribution >= 4 is 11.4 Å². The summed E-state index contributed by atoms with van der Waals surface area (Å²) in [6, 6.07) is 10.0. The number of nitrogen functional groups attached to an aromatic ring is 1. The highest BCUT2D eigenvalue weighted by atomic mass is 16.5. The molecule has 0 bridgehead atoms. The first-order valence-electron chi connectivity index (χ1n) is 6.48. The number of ether oxygens (including phenoxy) is 1. The van der Waals surface area contributed by atoms with E-state index in [1.807, 2.05) is 37.4 Å². The van der Waals surface area contributed by atoms with Gasteiger partial charge in [0.25, 0.3) is 0 Å². The van der Waals surface area contributed by atoms with Crippen LogP contribution in [-0.2, 0) is 13.1 Å². The minimum absolute atomic E-state index is 0.637. The molecule has 1 aromatic carbocycles. The molecule has 0 atom stereocenters. The lowest BCUT2D eigenvalue weighted by Crippen LogP contribution is -2.14. The number of rotatable bonds is 3. The molecule has 4 heteroatoms. The van der Waals surface area contributed by atoms with Crippen molar-refractivity contribution in [2.45, 2.75) is 20.0 Å². The molecule has 0 unspecified atom stereocenters. The first-order valence-corrected chi connectivity index (χ1v) is 6.48. The quantitative estimate of drug-likeness (QED) is 0.856. The Balaban J connectivity index is 1.81. The van der Waals surface area contributed by atoms with Gasteiger partial charge in [-0.05, 0) is 30.2 Å². The monoisotopic (exact) mass is 255 g/mol. The van der Waals surface area contributed by atoms with Gasteiger partial charge in [-0.2, -0.15) is 0 Å². The van der Waals surface area contributed by atoms with Gasteiger partial charge in [0.2, 0.25) is 5.88 Å². The lowest BCUT2D eigenvalue weighted by Gasteiger charge is -2.17. The second-order valence-electron chi connectivity index (χ2n) is 4.63. The van der Waals surface area contributed by atoms with Crippen LogP contribution in [0.1, 0.15) is 18.1 Å². The van der Waals surface area contributed by atoms with Gasteiger partial charge >= 0.3 is 0 Å². The normalized spacial score (nSPS) is 13.4. The van der Waals surface area contributed by atoms with Crippen LogP contribution < -0.4 is 15.4 Å². The molecule has 0 radical (unpaired) electrons. The average Bonchev–Trinajstić information content (AvgIpc) is 2.85. The SMILES string of the molecule is CCOc1ccc(N2Cc3cccc(N)c3C2)cn1. The van der Waals surface area contributed by atoms with Gasteiger partial charge in [0.05, 0.1) is 18.5 Å². The zero-order valence-corrected chi connectivity index (χ0v) is 11.0. The third-order valence-corrected chi connectivity index (χ3v) is 3.40. The van der Waals surface area contributed by atoms with Gasteiger partial charge in [0.1, 0.15) is 0 Å². The van der Waals surface area contributed by atoms with Gasteiger partial charge < -0.3 is 15.4 Å². The van der Waals surface area contributed by atoms with E-state index in [4.69, 9.17) is 10.5 Å². The number of nitrogens with two attached hydrogens (primary N) is 1. The summed E-state index contributed by atoms with van der Waals surface area (Å²) in [6.07, 6.45) is 1.85. The molecule has 2 aromatic rings. The highest BCUT2D eigenvalue weighted by Crippen LogP contribution is 2.31. The van der Waals surface area contributed by atoms with Crippen LogP contribution in [0.15, 0.2) is 36.5 Å². The van der Waals surface area contributed by atoms with Crippen LogP contribution in [0.4, 0.5) is 11.4 Å². The Hall–Kier alpha value is -2.23. The molecule has 2 heterocycles. The van der Waals surface area contributed by atoms with E-state index < -0.39 is 0 Å². The molecule has 0 saturated carbocycles. The number of fused-ring (bicyclic) bond motifs is 1. The van der Waals surface area contributed by atoms with Gasteiger partial charge in [0.15, 0.2) is 0 Å². The molecule has 0 fully saturated rings. The van der Waals surface area contributed by atoms with Crippen LogP contribution in [0.2, 0.25) is 0 Å². The van der Waals surface area contributed by atoms with Crippen molar-refractivity contribution < 1.29 is 4.74 Å². The van der Waals surface area contributed by atoms with Crippen molar-refractivity contribution in [3.63, 3.8) is 0 Å². The summed E-state index contributed by atoms with van der Waals surface area (Å²) in [5.41, 5.74) is 10.5. The zero-order valence-electron chi connectivity index (χ0n) is 11.0. The fraction of sp³-hybridized carbons (Fsp3) is 0.267. The first-order chi connectivity index (χ1) is 9.28. The number of hydrogen-bond acceptors (Lipinski definition) is 4. The minimum Gasteiger partial charge on any atom is -0.478 e. The zero-order chi connectivity index (χ0) is 13.2. The Morgan fingerprint density at radius 1 is 1.26 bits per heavy atom. The summed E-state index contributed by atoms with van der Waals surface area (Å²) >= 11 is 0. The lowest BCUT2D eigenvalue weighted by atomic mass is 10.1. The van der Waals surface area contributed by atoms with Gasteiger partial charge in [-0.25, -0.2) is 4.98 Å². The molecule has 19 heavy (non-hydrogen) atoms. The summed E-state index contributed by atoms with van der Waals surface area (Å²) in [4.78, 5) is 6.57. The van der Waals surface area contributed by atoms with Crippen molar-refractivity contribution in [1.82, 2.24) is 4.98 Å². The van der Waals surface area contributed by atoms with E-state index in [2.05, 4.69) is 16.0 Å². The van der Waals surface area contributed by atoms with Gasteiger partial charge in [-0.15, -0.1) is 0 Å². The first kappa shape index (κ1) is 11.8. The summed E-state index contributed by atoms with van der Waals surface area (Å²) in [5, 5.41) is 0. The number of anilines is 2. The molecule has 1 aliphatic rings. The molecule has 4 nitrogen and oxygen atoms in total. The summed E-state index contributed by atoms with van der Waals surface area (Å²) in [7, 11) is 0. The standard InChI is InChI=1S/C15H17N3O/c1-2-19-15-7-6-12(8-17-15)18-9-11-4-3-5-14(16)13(11)10-18/h3-8H,2,9-10,16H2,1H3. The van der Waals surface area contributed by atoms with Crippen LogP contribution in [0.3, 0.4) is 0 Å². The third kappa shape index (κ3) is 2.21. The average molecular weight is 255 g/mol. The molecule has 98 valence electrons. The second-order valence-corrected chi connectivity index (χ2v) is 4.63. The smallest absolute Gasteiger partial charge is 0.213 e. The third-order valence-electron chi connectivity index (χ3n) is 3.40. The van der Waals surface area contributed by atoms with Crippen LogP contribution in [0.25, 0.3) is 0 Å². The molecule has 3 rings (SSSR count). The van der Waals surface area contributed by atoms with Crippen LogP contribution in [-0.4, -0.2) is 11.6 Å². The van der Waals surface area contributed by atoms with Crippen molar-refractivity contribution in [3.05, 3.63) is 47.7 Å². The minimum atomic E-state index is 0.637. The van der Waals surface area contributed by atoms with Crippen LogP contribution >= 0.6 is 0 Å². The predicted octanol–water partition coefficient (Wildman–Crippen LogP) is 2.58. The van der Waals surface area contributed by atoms with E-state index >= 15 is 0 Å². The Morgan fingerprint density at radius 2 is 2.16 bits per heavy atom. The van der Waals surface area contributed by atoms with Gasteiger partial charge in [-0.3, -0.25) is 0 Å². The van der Waals surface area contributed by atoms with E-state index in [-0.39, 0.29) is 0 Å². The summed E-state index contributed by atoms with van der Waals surface area (Å²) in [5.74, 6) is 0.669. The Morgan fingerprint density at radius 3 is 2.84 bits per heavy atom. The lowest BCUT2D eigenvalue weighted by molar-refractivity contribution is 0.327. The van der Waals surface area contributed by atoms with E-state index in [1.165, 1.54) is 11.1 Å². The summed E-state index contributed by atoms with van der Waals surface area (Å²) in [6.45, 7) is 4.32. The molecule has 1 aliphatic heterocycles. The van der Waals surface area contributed by atoms with Crippen molar-refractivity contribution in [3.8, 4) is 5.88 Å². The summed E-state index contributed by atoms with van der Waals surface area (Å²) < 4.78 is 5.35. The Bertz CT molecular complexity index is 580.